The average Bonchev–Trinajstić information content (AvgIpc) is 2.66. The van der Waals surface area contributed by atoms with Crippen LogP contribution in [0.25, 0.3) is 0 Å². The molecular formula is C15H17N3O7S. The van der Waals surface area contributed by atoms with Crippen molar-refractivity contribution in [3.8, 4) is 0 Å². The van der Waals surface area contributed by atoms with Crippen LogP contribution in [-0.4, -0.2) is 50.8 Å². The number of nitrogens with zero attached hydrogens (tertiary/aromatic N) is 2. The lowest BCUT2D eigenvalue weighted by Gasteiger charge is -2.14. The molecule has 140 valence electrons. The van der Waals surface area contributed by atoms with Crippen LogP contribution >= 0.6 is 0 Å². The third-order valence-electron chi connectivity index (χ3n) is 3.73. The molecule has 2 rings (SSSR count). The highest BCUT2D eigenvalue weighted by Crippen LogP contribution is 2.31. The second-order valence-electron chi connectivity index (χ2n) is 5.50. The molecule has 1 N–H and O–H groups in total. The van der Waals surface area contributed by atoms with Crippen LogP contribution in [0.4, 0.5) is 5.69 Å². The number of amides is 1. The number of benzene rings is 1. The second-order valence-corrected chi connectivity index (χ2v) is 7.39. The van der Waals surface area contributed by atoms with Gasteiger partial charge in [0.15, 0.2) is 4.91 Å². The third-order valence-corrected chi connectivity index (χ3v) is 5.58. The van der Waals surface area contributed by atoms with E-state index in [2.05, 4.69) is 10.1 Å². The van der Waals surface area contributed by atoms with E-state index in [9.17, 15) is 28.1 Å². The van der Waals surface area contributed by atoms with Crippen molar-refractivity contribution in [1.29, 1.82) is 0 Å². The number of nitro benzene ring substituents is 1. The van der Waals surface area contributed by atoms with Gasteiger partial charge in [0, 0.05) is 38.5 Å². The molecule has 1 heterocycles. The van der Waals surface area contributed by atoms with Gasteiger partial charge in [-0.25, -0.2) is 8.42 Å². The van der Waals surface area contributed by atoms with Gasteiger partial charge in [0.25, 0.3) is 11.6 Å². The zero-order valence-corrected chi connectivity index (χ0v) is 14.9. The van der Waals surface area contributed by atoms with Gasteiger partial charge in [-0.1, -0.05) is 0 Å². The smallest absolute Gasteiger partial charge is 0.307 e. The number of sulfone groups is 1. The lowest BCUT2D eigenvalue weighted by Crippen LogP contribution is -2.29. The predicted octanol–water partition coefficient (Wildman–Crippen LogP) is 0.335. The number of hydrogen-bond donors (Lipinski definition) is 1. The molecule has 0 radical (unpaired) electrons. The van der Waals surface area contributed by atoms with E-state index < -0.39 is 31.5 Å². The van der Waals surface area contributed by atoms with E-state index in [1.54, 1.807) is 0 Å². The molecule has 0 atom stereocenters. The first kappa shape index (κ1) is 19.4. The average molecular weight is 383 g/mol. The van der Waals surface area contributed by atoms with Gasteiger partial charge < -0.3 is 15.0 Å². The third kappa shape index (κ3) is 3.82. The first-order valence-corrected chi connectivity index (χ1v) is 8.95. The number of nitrogens with one attached hydrogen (secondary N) is 1. The molecule has 10 nitrogen and oxygen atoms in total. The zero-order chi connectivity index (χ0) is 19.5. The maximum Gasteiger partial charge on any atom is 0.307 e. The van der Waals surface area contributed by atoms with Crippen molar-refractivity contribution in [3.05, 3.63) is 45.0 Å². The van der Waals surface area contributed by atoms with Crippen molar-refractivity contribution in [2.75, 3.05) is 20.7 Å². The maximum absolute atomic E-state index is 12.8. The van der Waals surface area contributed by atoms with Crippen molar-refractivity contribution in [2.45, 2.75) is 17.9 Å². The van der Waals surface area contributed by atoms with Crippen LogP contribution in [0.1, 0.15) is 12.0 Å². The van der Waals surface area contributed by atoms with E-state index in [1.165, 1.54) is 14.2 Å². The summed E-state index contributed by atoms with van der Waals surface area (Å²) in [5, 5.41) is 13.5. The Labute approximate surface area is 149 Å². The van der Waals surface area contributed by atoms with Crippen LogP contribution in [0.15, 0.2) is 34.2 Å². The zero-order valence-electron chi connectivity index (χ0n) is 14.1. The van der Waals surface area contributed by atoms with Crippen LogP contribution in [0.2, 0.25) is 0 Å². The number of carbonyl (C=O) groups is 2. The minimum absolute atomic E-state index is 0.00681. The fraction of sp³-hybridized carbons (Fsp3) is 0.333. The number of rotatable bonds is 5. The normalized spacial score (nSPS) is 17.4. The molecule has 0 saturated carbocycles. The van der Waals surface area contributed by atoms with Crippen molar-refractivity contribution < 1.29 is 27.7 Å². The van der Waals surface area contributed by atoms with E-state index in [1.807, 2.05) is 0 Å². The van der Waals surface area contributed by atoms with Gasteiger partial charge in [-0.2, -0.15) is 0 Å². The minimum Gasteiger partial charge on any atom is -0.469 e. The Balaban J connectivity index is 2.42. The standard InChI is InChI=1S/C15H17N3O7S/c1-17-9-10-7-11(18(21)22)3-4-12(10)26(23,24)13(15(17)20)8-16-6-5-14(19)25-2/h3-4,7-8,16H,5-6,9H2,1-2H3/b13-8+. The molecule has 11 heteroatoms. The van der Waals surface area contributed by atoms with Crippen LogP contribution in [0.5, 0.6) is 0 Å². The van der Waals surface area contributed by atoms with Gasteiger partial charge in [0.2, 0.25) is 9.84 Å². The number of hydrogen-bond acceptors (Lipinski definition) is 8. The second kappa shape index (κ2) is 7.52. The molecule has 26 heavy (non-hydrogen) atoms. The molecule has 0 bridgehead atoms. The molecule has 1 aromatic rings. The fourth-order valence-corrected chi connectivity index (χ4v) is 3.97. The molecular weight excluding hydrogens is 366 g/mol. The Hall–Kier alpha value is -2.95. The predicted molar refractivity (Wildman–Crippen MR) is 89.5 cm³/mol. The molecule has 0 spiro atoms. The molecule has 1 aromatic carbocycles. The minimum atomic E-state index is -4.18. The van der Waals surface area contributed by atoms with Crippen molar-refractivity contribution >= 4 is 27.4 Å². The Morgan fingerprint density at radius 1 is 1.46 bits per heavy atom. The summed E-state index contributed by atoms with van der Waals surface area (Å²) in [6.45, 7) is -0.00954. The van der Waals surface area contributed by atoms with Crippen LogP contribution < -0.4 is 5.32 Å². The van der Waals surface area contributed by atoms with Crippen LogP contribution in [-0.2, 0) is 30.7 Å². The fourth-order valence-electron chi connectivity index (χ4n) is 2.39. The molecule has 0 unspecified atom stereocenters. The summed E-state index contributed by atoms with van der Waals surface area (Å²) in [5.74, 6) is -1.24. The number of non-ortho nitro benzene ring substituents is 1. The molecule has 0 aromatic heterocycles. The molecule has 0 fully saturated rings. The molecule has 1 amide bonds. The molecule has 0 saturated heterocycles. The topological polar surface area (TPSA) is 136 Å². The van der Waals surface area contributed by atoms with Gasteiger partial charge in [0.05, 0.1) is 23.3 Å². The highest BCUT2D eigenvalue weighted by molar-refractivity contribution is 7.96. The molecule has 0 aliphatic carbocycles. The highest BCUT2D eigenvalue weighted by atomic mass is 32.2. The number of esters is 1. The number of methoxy groups -OCH3 is 1. The van der Waals surface area contributed by atoms with Gasteiger partial charge in [-0.05, 0) is 11.6 Å². The van der Waals surface area contributed by atoms with Gasteiger partial charge in [-0.3, -0.25) is 19.7 Å². The number of ether oxygens (including phenoxy) is 1. The van der Waals surface area contributed by atoms with Crippen LogP contribution in [0.3, 0.4) is 0 Å². The van der Waals surface area contributed by atoms with Crippen molar-refractivity contribution in [2.24, 2.45) is 0 Å². The lowest BCUT2D eigenvalue weighted by molar-refractivity contribution is -0.385. The van der Waals surface area contributed by atoms with Gasteiger partial charge in [0.1, 0.15) is 0 Å². The summed E-state index contributed by atoms with van der Waals surface area (Å²) in [6.07, 6.45) is 1.03. The number of nitro groups is 1. The summed E-state index contributed by atoms with van der Waals surface area (Å²) in [5.41, 5.74) is -0.101. The van der Waals surface area contributed by atoms with E-state index >= 15 is 0 Å². The van der Waals surface area contributed by atoms with Crippen LogP contribution in [0, 0.1) is 10.1 Å². The van der Waals surface area contributed by atoms with E-state index in [0.29, 0.717) is 0 Å². The number of carbonyl (C=O) groups excluding carboxylic acids is 2. The van der Waals surface area contributed by atoms with E-state index in [4.69, 9.17) is 0 Å². The summed E-state index contributed by atoms with van der Waals surface area (Å²) >= 11 is 0. The Morgan fingerprint density at radius 3 is 2.77 bits per heavy atom. The summed E-state index contributed by atoms with van der Waals surface area (Å²) in [6, 6.07) is 3.34. The molecule has 1 aliphatic rings. The number of likely N-dealkylation sites (N-methyl/N-ethyl adjacent to an activating group) is 1. The first-order valence-electron chi connectivity index (χ1n) is 7.46. The lowest BCUT2D eigenvalue weighted by atomic mass is 10.2. The number of fused-ring (bicyclic) bond motifs is 1. The maximum atomic E-state index is 12.8. The quantitative estimate of drug-likeness (QED) is 0.253. The first-order chi connectivity index (χ1) is 12.2. The van der Waals surface area contributed by atoms with E-state index in [0.717, 1.165) is 29.3 Å². The highest BCUT2D eigenvalue weighted by Gasteiger charge is 2.35. The van der Waals surface area contributed by atoms with Crippen molar-refractivity contribution in [3.63, 3.8) is 0 Å². The summed E-state index contributed by atoms with van der Waals surface area (Å²) in [4.78, 5) is 34.3. The summed E-state index contributed by atoms with van der Waals surface area (Å²) < 4.78 is 30.1. The van der Waals surface area contributed by atoms with Gasteiger partial charge in [-0.15, -0.1) is 0 Å². The summed E-state index contributed by atoms with van der Waals surface area (Å²) in [7, 11) is -1.56. The van der Waals surface area contributed by atoms with E-state index in [-0.39, 0.29) is 35.7 Å². The Kier molecular flexibility index (Phi) is 5.60. The Morgan fingerprint density at radius 2 is 2.15 bits per heavy atom. The Bertz CT molecular complexity index is 893. The molecule has 1 aliphatic heterocycles. The largest absolute Gasteiger partial charge is 0.469 e. The van der Waals surface area contributed by atoms with Crippen molar-refractivity contribution in [1.82, 2.24) is 10.2 Å². The SMILES string of the molecule is COC(=O)CCN/C=C1\C(=O)N(C)Cc2cc([N+](=O)[O-])ccc2S1(=O)=O. The monoisotopic (exact) mass is 383 g/mol. The van der Waals surface area contributed by atoms with Gasteiger partial charge >= 0.3 is 5.97 Å².